The number of hydrogen-bond donors (Lipinski definition) is 1. The highest BCUT2D eigenvalue weighted by Crippen LogP contribution is 2.26. The van der Waals surface area contributed by atoms with Crippen LogP contribution >= 0.6 is 11.3 Å². The summed E-state index contributed by atoms with van der Waals surface area (Å²) in [5, 5.41) is 7.28. The van der Waals surface area contributed by atoms with E-state index in [1.165, 1.54) is 33.9 Å². The molecule has 8 nitrogen and oxygen atoms in total. The maximum absolute atomic E-state index is 13.2. The molecule has 10 heteroatoms. The quantitative estimate of drug-likeness (QED) is 0.599. The topological polar surface area (TPSA) is 94.7 Å². The Morgan fingerprint density at radius 3 is 3.08 bits per heavy atom. The monoisotopic (exact) mass is 358 g/mol. The number of fused-ring (bicyclic) bond motifs is 2. The number of carbonyl (C=O) groups is 1. The van der Waals surface area contributed by atoms with Crippen LogP contribution in [0.15, 0.2) is 35.5 Å². The summed E-state index contributed by atoms with van der Waals surface area (Å²) in [6.07, 6.45) is 2.72. The van der Waals surface area contributed by atoms with Gasteiger partial charge in [-0.3, -0.25) is 18.8 Å². The molecule has 25 heavy (non-hydrogen) atoms. The third-order valence-electron chi connectivity index (χ3n) is 3.63. The molecular formula is C15H11FN6O2S. The van der Waals surface area contributed by atoms with Crippen LogP contribution in [0.1, 0.15) is 0 Å². The molecule has 0 saturated heterocycles. The Morgan fingerprint density at radius 2 is 2.24 bits per heavy atom. The Balaban J connectivity index is 1.57. The molecule has 0 aliphatic heterocycles. The van der Waals surface area contributed by atoms with Crippen molar-refractivity contribution in [1.82, 2.24) is 24.3 Å². The molecule has 1 N–H and O–H groups in total. The Kier molecular flexibility index (Phi) is 3.53. The molecule has 0 saturated carbocycles. The number of amides is 1. The first kappa shape index (κ1) is 15.4. The zero-order chi connectivity index (χ0) is 17.6. The predicted octanol–water partition coefficient (Wildman–Crippen LogP) is 1.52. The average molecular weight is 358 g/mol. The van der Waals surface area contributed by atoms with Crippen molar-refractivity contribution in [1.29, 1.82) is 0 Å². The van der Waals surface area contributed by atoms with Crippen molar-refractivity contribution in [2.75, 3.05) is 5.32 Å². The molecule has 0 spiro atoms. The van der Waals surface area contributed by atoms with Gasteiger partial charge in [-0.2, -0.15) is 5.10 Å². The lowest BCUT2D eigenvalue weighted by molar-refractivity contribution is -0.116. The molecule has 1 amide bonds. The second-order valence-corrected chi connectivity index (χ2v) is 6.39. The first-order chi connectivity index (χ1) is 12.0. The van der Waals surface area contributed by atoms with Gasteiger partial charge in [0, 0.05) is 7.05 Å². The largest absolute Gasteiger partial charge is 0.300 e. The Morgan fingerprint density at radius 1 is 1.40 bits per heavy atom. The molecule has 126 valence electrons. The van der Waals surface area contributed by atoms with Crippen LogP contribution in [0.4, 0.5) is 9.52 Å². The molecule has 3 aromatic heterocycles. The second-order valence-electron chi connectivity index (χ2n) is 5.36. The molecule has 0 bridgehead atoms. The number of rotatable bonds is 3. The average Bonchev–Trinajstić information content (AvgIpc) is 3.13. The Bertz CT molecular complexity index is 1180. The maximum Gasteiger partial charge on any atom is 0.264 e. The van der Waals surface area contributed by atoms with Gasteiger partial charge in [-0.05, 0) is 18.2 Å². The van der Waals surface area contributed by atoms with E-state index in [2.05, 4.69) is 20.4 Å². The molecule has 0 fully saturated rings. The second kappa shape index (κ2) is 5.74. The lowest BCUT2D eigenvalue weighted by Gasteiger charge is -2.05. The molecule has 4 rings (SSSR count). The van der Waals surface area contributed by atoms with Crippen LogP contribution in [0.5, 0.6) is 0 Å². The number of halogens is 1. The van der Waals surface area contributed by atoms with Gasteiger partial charge < -0.3 is 5.32 Å². The molecule has 0 atom stereocenters. The normalized spacial score (nSPS) is 11.3. The van der Waals surface area contributed by atoms with Gasteiger partial charge in [0.1, 0.15) is 24.1 Å². The summed E-state index contributed by atoms with van der Waals surface area (Å²) in [6.45, 7) is -0.207. The summed E-state index contributed by atoms with van der Waals surface area (Å²) in [7, 11) is 1.68. The van der Waals surface area contributed by atoms with Crippen LogP contribution in [0.2, 0.25) is 0 Å². The van der Waals surface area contributed by atoms with Crippen LogP contribution in [-0.2, 0) is 18.4 Å². The van der Waals surface area contributed by atoms with Gasteiger partial charge in [-0.1, -0.05) is 11.3 Å². The smallest absolute Gasteiger partial charge is 0.264 e. The highest BCUT2D eigenvalue weighted by Gasteiger charge is 2.12. The highest BCUT2D eigenvalue weighted by atomic mass is 32.1. The number of hydrogen-bond acceptors (Lipinski definition) is 6. The number of aryl methyl sites for hydroxylation is 1. The third-order valence-corrected chi connectivity index (χ3v) is 4.56. The van der Waals surface area contributed by atoms with Crippen molar-refractivity contribution in [2.45, 2.75) is 6.54 Å². The van der Waals surface area contributed by atoms with Crippen molar-refractivity contribution >= 4 is 43.6 Å². The van der Waals surface area contributed by atoms with Gasteiger partial charge in [-0.15, -0.1) is 0 Å². The molecular weight excluding hydrogens is 347 g/mol. The third kappa shape index (κ3) is 2.76. The van der Waals surface area contributed by atoms with Crippen molar-refractivity contribution in [3.63, 3.8) is 0 Å². The van der Waals surface area contributed by atoms with Gasteiger partial charge in [0.25, 0.3) is 5.56 Å². The number of carbonyl (C=O) groups excluding carboxylic acids is 1. The number of anilines is 1. The van der Waals surface area contributed by atoms with Crippen molar-refractivity contribution in [2.24, 2.45) is 7.05 Å². The Labute approximate surface area is 143 Å². The molecule has 0 unspecified atom stereocenters. The summed E-state index contributed by atoms with van der Waals surface area (Å²) in [4.78, 5) is 32.9. The van der Waals surface area contributed by atoms with E-state index in [1.807, 2.05) is 0 Å². The zero-order valence-electron chi connectivity index (χ0n) is 12.9. The highest BCUT2D eigenvalue weighted by molar-refractivity contribution is 7.22. The van der Waals surface area contributed by atoms with E-state index in [1.54, 1.807) is 13.1 Å². The maximum atomic E-state index is 13.2. The van der Waals surface area contributed by atoms with Crippen LogP contribution < -0.4 is 10.9 Å². The van der Waals surface area contributed by atoms with Gasteiger partial charge in [0.05, 0.1) is 16.4 Å². The number of nitrogens with one attached hydrogen (secondary N) is 1. The summed E-state index contributed by atoms with van der Waals surface area (Å²) in [5.41, 5.74) is 0.701. The predicted molar refractivity (Wildman–Crippen MR) is 91.0 cm³/mol. The van der Waals surface area contributed by atoms with E-state index in [0.29, 0.717) is 26.4 Å². The fraction of sp³-hybridized carbons (Fsp3) is 0.133. The van der Waals surface area contributed by atoms with E-state index in [0.717, 1.165) is 11.3 Å². The molecule has 0 aliphatic rings. The summed E-state index contributed by atoms with van der Waals surface area (Å²) < 4.78 is 16.5. The van der Waals surface area contributed by atoms with Gasteiger partial charge in [0.15, 0.2) is 10.8 Å². The zero-order valence-corrected chi connectivity index (χ0v) is 13.7. The fourth-order valence-electron chi connectivity index (χ4n) is 2.44. The first-order valence-electron chi connectivity index (χ1n) is 7.24. The lowest BCUT2D eigenvalue weighted by Crippen LogP contribution is -2.27. The summed E-state index contributed by atoms with van der Waals surface area (Å²) in [5.74, 6) is -0.789. The molecule has 0 radical (unpaired) electrons. The number of benzene rings is 1. The lowest BCUT2D eigenvalue weighted by atomic mass is 10.3. The standard InChI is InChI=1S/C15H11FN6O2S/c1-21-13-9(5-18-21)14(24)22(7-17-13)6-12(23)20-15-19-10-3-2-8(16)4-11(10)25-15/h2-5,7H,6H2,1H3,(H,19,20,23). The van der Waals surface area contributed by atoms with Gasteiger partial charge in [0.2, 0.25) is 5.91 Å². The number of nitrogens with zero attached hydrogens (tertiary/aromatic N) is 5. The SMILES string of the molecule is Cn1ncc2c(=O)n(CC(=O)Nc3nc4ccc(F)cc4s3)cnc21. The Hall–Kier alpha value is -3.14. The van der Waals surface area contributed by atoms with Crippen molar-refractivity contribution in [3.05, 3.63) is 46.9 Å². The van der Waals surface area contributed by atoms with E-state index in [-0.39, 0.29) is 17.9 Å². The number of thiazole rings is 1. The minimum Gasteiger partial charge on any atom is -0.300 e. The first-order valence-corrected chi connectivity index (χ1v) is 8.06. The van der Waals surface area contributed by atoms with Crippen molar-refractivity contribution in [3.8, 4) is 0 Å². The van der Waals surface area contributed by atoms with Crippen molar-refractivity contribution < 1.29 is 9.18 Å². The minimum absolute atomic E-state index is 0.207. The summed E-state index contributed by atoms with van der Waals surface area (Å²) in [6, 6.07) is 4.21. The molecule has 0 aliphatic carbocycles. The van der Waals surface area contributed by atoms with Crippen LogP contribution in [-0.4, -0.2) is 30.2 Å². The summed E-state index contributed by atoms with van der Waals surface area (Å²) >= 11 is 1.16. The molecule has 4 aromatic rings. The molecule has 3 heterocycles. The number of aromatic nitrogens is 5. The van der Waals surface area contributed by atoms with Crippen LogP contribution in [0.3, 0.4) is 0 Å². The fourth-order valence-corrected chi connectivity index (χ4v) is 3.35. The van der Waals surface area contributed by atoms with Crippen LogP contribution in [0.25, 0.3) is 21.3 Å². The van der Waals surface area contributed by atoms with Gasteiger partial charge in [-0.25, -0.2) is 14.4 Å². The molecule has 1 aromatic carbocycles. The van der Waals surface area contributed by atoms with E-state index in [9.17, 15) is 14.0 Å². The van der Waals surface area contributed by atoms with Crippen LogP contribution in [0, 0.1) is 5.82 Å². The minimum atomic E-state index is -0.424. The van der Waals surface area contributed by atoms with E-state index in [4.69, 9.17) is 0 Å². The van der Waals surface area contributed by atoms with E-state index < -0.39 is 5.91 Å². The van der Waals surface area contributed by atoms with Gasteiger partial charge >= 0.3 is 0 Å². The van der Waals surface area contributed by atoms with E-state index >= 15 is 0 Å².